The third-order valence-electron chi connectivity index (χ3n) is 3.12. The average molecular weight is 336 g/mol. The Morgan fingerprint density at radius 1 is 1.22 bits per heavy atom. The molecule has 1 atom stereocenters. The highest BCUT2D eigenvalue weighted by atomic mass is 32.1. The molecule has 1 unspecified atom stereocenters. The molecule has 1 heterocycles. The molecular weight excluding hydrogens is 319 g/mol. The van der Waals surface area contributed by atoms with E-state index in [0.29, 0.717) is 11.4 Å². The first-order valence-electron chi connectivity index (χ1n) is 7.01. The summed E-state index contributed by atoms with van der Waals surface area (Å²) in [5.74, 6) is -1.00. The van der Waals surface area contributed by atoms with Crippen LogP contribution in [-0.4, -0.2) is 23.5 Å². The van der Waals surface area contributed by atoms with E-state index in [2.05, 4.69) is 10.6 Å². The smallest absolute Gasteiger partial charge is 0.261 e. The Labute approximate surface area is 137 Å². The first kappa shape index (κ1) is 17.1. The van der Waals surface area contributed by atoms with Crippen LogP contribution in [0.3, 0.4) is 0 Å². The Hall–Kier alpha value is -2.25. The Morgan fingerprint density at radius 2 is 1.96 bits per heavy atom. The summed E-state index contributed by atoms with van der Waals surface area (Å²) < 4.78 is 13.5. The number of rotatable bonds is 6. The van der Waals surface area contributed by atoms with Crippen LogP contribution >= 0.6 is 11.3 Å². The van der Waals surface area contributed by atoms with Crippen molar-refractivity contribution in [1.29, 1.82) is 0 Å². The highest BCUT2D eigenvalue weighted by molar-refractivity contribution is 7.14. The molecule has 1 aromatic heterocycles. The second kappa shape index (κ2) is 7.85. The summed E-state index contributed by atoms with van der Waals surface area (Å²) in [6.45, 7) is 1.70. The fraction of sp³-hybridized carbons (Fsp3) is 0.250. The van der Waals surface area contributed by atoms with Crippen LogP contribution in [-0.2, 0) is 11.3 Å². The van der Waals surface area contributed by atoms with Gasteiger partial charge in [0, 0.05) is 23.9 Å². The molecule has 2 rings (SSSR count). The quantitative estimate of drug-likeness (QED) is 0.755. The standard InChI is InChI=1S/C16H17FN2O3S/c1-10(20)18-8-11-6-7-15(23-11)16(22)19-9-14(21)12-4-2-3-5-13(12)17/h2-7,14,21H,8-9H2,1H3,(H,18,20)(H,19,22). The highest BCUT2D eigenvalue weighted by Gasteiger charge is 2.15. The molecule has 7 heteroatoms. The van der Waals surface area contributed by atoms with Crippen LogP contribution in [0.4, 0.5) is 4.39 Å². The minimum absolute atomic E-state index is 0.0846. The number of hydrogen-bond donors (Lipinski definition) is 3. The van der Waals surface area contributed by atoms with E-state index in [4.69, 9.17) is 0 Å². The number of benzene rings is 1. The second-order valence-electron chi connectivity index (χ2n) is 4.92. The van der Waals surface area contributed by atoms with Gasteiger partial charge in [-0.2, -0.15) is 0 Å². The van der Waals surface area contributed by atoms with Crippen molar-refractivity contribution in [3.63, 3.8) is 0 Å². The molecule has 0 bridgehead atoms. The van der Waals surface area contributed by atoms with Crippen LogP contribution in [0.5, 0.6) is 0 Å². The Balaban J connectivity index is 1.89. The monoisotopic (exact) mass is 336 g/mol. The maximum atomic E-state index is 13.5. The first-order chi connectivity index (χ1) is 11.0. The van der Waals surface area contributed by atoms with Gasteiger partial charge in [-0.15, -0.1) is 11.3 Å². The fourth-order valence-corrected chi connectivity index (χ4v) is 2.80. The minimum atomic E-state index is -1.11. The summed E-state index contributed by atoms with van der Waals surface area (Å²) in [5, 5.41) is 15.2. The van der Waals surface area contributed by atoms with Crippen molar-refractivity contribution in [2.45, 2.75) is 19.6 Å². The molecule has 0 aliphatic heterocycles. The summed E-state index contributed by atoms with van der Waals surface area (Å²) >= 11 is 1.25. The number of carbonyl (C=O) groups is 2. The number of thiophene rings is 1. The predicted molar refractivity (Wildman–Crippen MR) is 85.5 cm³/mol. The van der Waals surface area contributed by atoms with Gasteiger partial charge in [-0.25, -0.2) is 4.39 Å². The van der Waals surface area contributed by atoms with E-state index in [1.54, 1.807) is 18.2 Å². The SMILES string of the molecule is CC(=O)NCc1ccc(C(=O)NCC(O)c2ccccc2F)s1. The first-order valence-corrected chi connectivity index (χ1v) is 7.83. The van der Waals surface area contributed by atoms with Crippen LogP contribution in [0.15, 0.2) is 36.4 Å². The van der Waals surface area contributed by atoms with Crippen LogP contribution in [0.1, 0.15) is 33.1 Å². The molecule has 1 aromatic carbocycles. The third-order valence-corrected chi connectivity index (χ3v) is 4.20. The van der Waals surface area contributed by atoms with E-state index >= 15 is 0 Å². The third kappa shape index (κ3) is 4.87. The molecule has 0 saturated carbocycles. The molecule has 5 nitrogen and oxygen atoms in total. The Kier molecular flexibility index (Phi) is 5.84. The van der Waals surface area contributed by atoms with Crippen molar-refractivity contribution in [1.82, 2.24) is 10.6 Å². The molecule has 2 amide bonds. The van der Waals surface area contributed by atoms with E-state index in [-0.39, 0.29) is 23.9 Å². The van der Waals surface area contributed by atoms with Gasteiger partial charge in [-0.1, -0.05) is 18.2 Å². The summed E-state index contributed by atoms with van der Waals surface area (Å²) in [7, 11) is 0. The molecule has 23 heavy (non-hydrogen) atoms. The van der Waals surface area contributed by atoms with Gasteiger partial charge in [0.1, 0.15) is 5.82 Å². The van der Waals surface area contributed by atoms with Gasteiger partial charge in [-0.3, -0.25) is 9.59 Å². The molecule has 0 aliphatic rings. The molecule has 0 saturated heterocycles. The largest absolute Gasteiger partial charge is 0.386 e. The second-order valence-corrected chi connectivity index (χ2v) is 6.09. The van der Waals surface area contributed by atoms with Crippen LogP contribution < -0.4 is 10.6 Å². The van der Waals surface area contributed by atoms with Crippen molar-refractivity contribution in [2.24, 2.45) is 0 Å². The molecule has 3 N–H and O–H groups in total. The van der Waals surface area contributed by atoms with E-state index < -0.39 is 11.9 Å². The van der Waals surface area contributed by atoms with Gasteiger partial charge in [0.05, 0.1) is 17.5 Å². The maximum Gasteiger partial charge on any atom is 0.261 e. The van der Waals surface area contributed by atoms with Crippen molar-refractivity contribution in [3.8, 4) is 0 Å². The van der Waals surface area contributed by atoms with Gasteiger partial charge in [-0.05, 0) is 18.2 Å². The number of amides is 2. The lowest BCUT2D eigenvalue weighted by molar-refractivity contribution is -0.119. The number of hydrogen-bond acceptors (Lipinski definition) is 4. The molecule has 0 fully saturated rings. The zero-order valence-electron chi connectivity index (χ0n) is 12.5. The zero-order chi connectivity index (χ0) is 16.8. The molecule has 2 aromatic rings. The number of nitrogens with one attached hydrogen (secondary N) is 2. The number of halogens is 1. The van der Waals surface area contributed by atoms with E-state index in [9.17, 15) is 19.1 Å². The van der Waals surface area contributed by atoms with Crippen LogP contribution in [0.2, 0.25) is 0 Å². The van der Waals surface area contributed by atoms with Crippen molar-refractivity contribution in [2.75, 3.05) is 6.54 Å². The number of aliphatic hydroxyl groups excluding tert-OH is 1. The van der Waals surface area contributed by atoms with Crippen molar-refractivity contribution in [3.05, 3.63) is 57.5 Å². The molecule has 0 radical (unpaired) electrons. The number of aliphatic hydroxyl groups is 1. The van der Waals surface area contributed by atoms with Gasteiger partial charge in [0.25, 0.3) is 5.91 Å². The lowest BCUT2D eigenvalue weighted by atomic mass is 10.1. The van der Waals surface area contributed by atoms with Gasteiger partial charge in [0.15, 0.2) is 0 Å². The van der Waals surface area contributed by atoms with Gasteiger partial charge < -0.3 is 15.7 Å². The lowest BCUT2D eigenvalue weighted by Gasteiger charge is -2.12. The van der Waals surface area contributed by atoms with E-state index in [1.165, 1.54) is 36.5 Å². The van der Waals surface area contributed by atoms with Crippen LogP contribution in [0.25, 0.3) is 0 Å². The van der Waals surface area contributed by atoms with Crippen molar-refractivity contribution < 1.29 is 19.1 Å². The Morgan fingerprint density at radius 3 is 2.65 bits per heavy atom. The predicted octanol–water partition coefficient (Wildman–Crippen LogP) is 1.99. The normalized spacial score (nSPS) is 11.8. The van der Waals surface area contributed by atoms with E-state index in [1.807, 2.05) is 0 Å². The molecule has 122 valence electrons. The summed E-state index contributed by atoms with van der Waals surface area (Å²) in [6, 6.07) is 9.29. The minimum Gasteiger partial charge on any atom is -0.386 e. The Bertz CT molecular complexity index is 702. The van der Waals surface area contributed by atoms with Gasteiger partial charge in [0.2, 0.25) is 5.91 Å². The number of carbonyl (C=O) groups excluding carboxylic acids is 2. The molecular formula is C16H17FN2O3S. The molecule has 0 spiro atoms. The maximum absolute atomic E-state index is 13.5. The van der Waals surface area contributed by atoms with Crippen molar-refractivity contribution >= 4 is 23.2 Å². The van der Waals surface area contributed by atoms with Gasteiger partial charge >= 0.3 is 0 Å². The van der Waals surface area contributed by atoms with Crippen LogP contribution in [0, 0.1) is 5.82 Å². The van der Waals surface area contributed by atoms with E-state index in [0.717, 1.165) is 4.88 Å². The topological polar surface area (TPSA) is 78.4 Å². The zero-order valence-corrected chi connectivity index (χ0v) is 13.3. The summed E-state index contributed by atoms with van der Waals surface area (Å²) in [4.78, 5) is 24.2. The highest BCUT2D eigenvalue weighted by Crippen LogP contribution is 2.18. The summed E-state index contributed by atoms with van der Waals surface area (Å²) in [6.07, 6.45) is -1.11. The lowest BCUT2D eigenvalue weighted by Crippen LogP contribution is -2.28. The fourth-order valence-electron chi connectivity index (χ4n) is 1.94. The summed E-state index contributed by atoms with van der Waals surface area (Å²) in [5.41, 5.74) is 0.144. The average Bonchev–Trinajstić information content (AvgIpc) is 3.00. The molecule has 0 aliphatic carbocycles.